The van der Waals surface area contributed by atoms with Gasteiger partial charge in [-0.25, -0.2) is 4.79 Å². The first-order chi connectivity index (χ1) is 14.4. The molecule has 4 atom stereocenters. The Labute approximate surface area is 172 Å². The van der Waals surface area contributed by atoms with E-state index in [1.807, 2.05) is 12.2 Å². The Hall–Kier alpha value is -3.74. The lowest BCUT2D eigenvalue weighted by Gasteiger charge is -2.17. The molecular weight excluding hydrogens is 384 g/mol. The van der Waals surface area contributed by atoms with Gasteiger partial charge in [-0.3, -0.25) is 19.3 Å². The Kier molecular flexibility index (Phi) is 4.06. The van der Waals surface area contributed by atoms with Crippen LogP contribution >= 0.6 is 0 Å². The van der Waals surface area contributed by atoms with Crippen molar-refractivity contribution in [3.8, 4) is 0 Å². The summed E-state index contributed by atoms with van der Waals surface area (Å²) >= 11 is 0. The molecule has 2 aromatic carbocycles. The first kappa shape index (κ1) is 18.3. The number of carboxylic acids is 1. The van der Waals surface area contributed by atoms with Gasteiger partial charge < -0.3 is 10.4 Å². The SMILES string of the molecule is O=C(O)c1cccc(NC(=O)c2ccc(N3C(=O)[C@@H]4[C@H](C3=O)[C@H]3C=C[C@H]4C3)cc2)c1. The van der Waals surface area contributed by atoms with Gasteiger partial charge >= 0.3 is 5.97 Å². The maximum atomic E-state index is 12.9. The number of allylic oxidation sites excluding steroid dienone is 2. The Morgan fingerprint density at radius 2 is 1.53 bits per heavy atom. The number of imide groups is 1. The highest BCUT2D eigenvalue weighted by atomic mass is 16.4. The highest BCUT2D eigenvalue weighted by molar-refractivity contribution is 6.23. The van der Waals surface area contributed by atoms with Crippen molar-refractivity contribution in [3.63, 3.8) is 0 Å². The molecule has 0 unspecified atom stereocenters. The number of carbonyl (C=O) groups excluding carboxylic acids is 3. The van der Waals surface area contributed by atoms with E-state index in [1.54, 1.807) is 36.4 Å². The number of hydrogen-bond acceptors (Lipinski definition) is 4. The molecule has 2 fully saturated rings. The Morgan fingerprint density at radius 1 is 0.900 bits per heavy atom. The second-order valence-electron chi connectivity index (χ2n) is 7.90. The highest BCUT2D eigenvalue weighted by Gasteiger charge is 2.59. The van der Waals surface area contributed by atoms with Crippen molar-refractivity contribution in [2.45, 2.75) is 6.42 Å². The molecule has 7 nitrogen and oxygen atoms in total. The number of hydrogen-bond donors (Lipinski definition) is 2. The monoisotopic (exact) mass is 402 g/mol. The molecule has 2 aromatic rings. The number of nitrogens with zero attached hydrogens (tertiary/aromatic N) is 1. The van der Waals surface area contributed by atoms with Crippen LogP contribution in [0.4, 0.5) is 11.4 Å². The van der Waals surface area contributed by atoms with E-state index in [1.165, 1.54) is 17.0 Å². The number of benzene rings is 2. The molecule has 0 aromatic heterocycles. The fraction of sp³-hybridized carbons (Fsp3) is 0.217. The lowest BCUT2D eigenvalue weighted by atomic mass is 9.85. The van der Waals surface area contributed by atoms with E-state index in [0.29, 0.717) is 16.9 Å². The number of rotatable bonds is 4. The van der Waals surface area contributed by atoms with E-state index in [0.717, 1.165) is 6.42 Å². The average Bonchev–Trinajstić information content (AvgIpc) is 3.42. The van der Waals surface area contributed by atoms with Gasteiger partial charge in [-0.1, -0.05) is 18.2 Å². The second kappa shape index (κ2) is 6.66. The predicted molar refractivity (Wildman–Crippen MR) is 108 cm³/mol. The topological polar surface area (TPSA) is 104 Å². The van der Waals surface area contributed by atoms with Gasteiger partial charge in [0.15, 0.2) is 0 Å². The average molecular weight is 402 g/mol. The lowest BCUT2D eigenvalue weighted by molar-refractivity contribution is -0.123. The van der Waals surface area contributed by atoms with Gasteiger partial charge in [0.25, 0.3) is 5.91 Å². The zero-order valence-corrected chi connectivity index (χ0v) is 15.8. The lowest BCUT2D eigenvalue weighted by Crippen LogP contribution is -2.32. The summed E-state index contributed by atoms with van der Waals surface area (Å²) in [5.41, 5.74) is 1.23. The molecule has 1 saturated carbocycles. The van der Waals surface area contributed by atoms with Crippen LogP contribution in [0.5, 0.6) is 0 Å². The first-order valence-corrected chi connectivity index (χ1v) is 9.75. The summed E-state index contributed by atoms with van der Waals surface area (Å²) in [6.07, 6.45) is 4.98. The van der Waals surface area contributed by atoms with Gasteiger partial charge in [0.2, 0.25) is 11.8 Å². The zero-order chi connectivity index (χ0) is 21.0. The molecule has 2 bridgehead atoms. The Bertz CT molecular complexity index is 1090. The quantitative estimate of drug-likeness (QED) is 0.605. The smallest absolute Gasteiger partial charge is 0.335 e. The van der Waals surface area contributed by atoms with Crippen molar-refractivity contribution in [3.05, 3.63) is 71.8 Å². The third-order valence-corrected chi connectivity index (χ3v) is 6.23. The summed E-state index contributed by atoms with van der Waals surface area (Å²) in [6, 6.07) is 12.2. The van der Waals surface area contributed by atoms with Crippen LogP contribution in [0.3, 0.4) is 0 Å². The third-order valence-electron chi connectivity index (χ3n) is 6.23. The summed E-state index contributed by atoms with van der Waals surface area (Å²) in [5.74, 6) is -2.06. The van der Waals surface area contributed by atoms with E-state index < -0.39 is 11.9 Å². The number of aromatic carboxylic acids is 1. The summed E-state index contributed by atoms with van der Waals surface area (Å²) in [7, 11) is 0. The number of carboxylic acid groups (broad SMARTS) is 1. The van der Waals surface area contributed by atoms with Crippen LogP contribution in [0.1, 0.15) is 27.1 Å². The molecule has 5 rings (SSSR count). The molecule has 0 spiro atoms. The first-order valence-electron chi connectivity index (χ1n) is 9.75. The van der Waals surface area contributed by atoms with Gasteiger partial charge in [0.05, 0.1) is 23.1 Å². The van der Waals surface area contributed by atoms with Crippen molar-refractivity contribution >= 4 is 35.1 Å². The van der Waals surface area contributed by atoms with Gasteiger partial charge in [0.1, 0.15) is 0 Å². The molecule has 3 aliphatic rings. The number of nitrogens with one attached hydrogen (secondary N) is 1. The maximum absolute atomic E-state index is 12.9. The highest BCUT2D eigenvalue weighted by Crippen LogP contribution is 2.53. The van der Waals surface area contributed by atoms with Gasteiger partial charge in [-0.05, 0) is 60.7 Å². The third kappa shape index (κ3) is 2.74. The van der Waals surface area contributed by atoms with E-state index in [2.05, 4.69) is 5.32 Å². The normalized spacial score (nSPS) is 26.2. The molecule has 2 N–H and O–H groups in total. The van der Waals surface area contributed by atoms with Gasteiger partial charge in [-0.15, -0.1) is 0 Å². The number of amides is 3. The minimum Gasteiger partial charge on any atom is -0.478 e. The predicted octanol–water partition coefficient (Wildman–Crippen LogP) is 2.95. The van der Waals surface area contributed by atoms with Crippen molar-refractivity contribution in [2.24, 2.45) is 23.7 Å². The standard InChI is InChI=1S/C23H18N2O5/c26-20(24-16-3-1-2-15(11-16)23(29)30)12-6-8-17(9-7-12)25-21(27)18-13-4-5-14(10-13)19(18)22(25)28/h1-9,11,13-14,18-19H,10H2,(H,24,26)(H,29,30)/t13-,14-,18-,19+/m0/s1. The molecular formula is C23H18N2O5. The van der Waals surface area contributed by atoms with E-state index >= 15 is 0 Å². The molecule has 1 aliphatic heterocycles. The molecule has 0 radical (unpaired) electrons. The Balaban J connectivity index is 1.33. The van der Waals surface area contributed by atoms with Crippen molar-refractivity contribution in [1.29, 1.82) is 0 Å². The Morgan fingerprint density at radius 3 is 2.13 bits per heavy atom. The zero-order valence-electron chi connectivity index (χ0n) is 15.8. The summed E-state index contributed by atoms with van der Waals surface area (Å²) < 4.78 is 0. The van der Waals surface area contributed by atoms with Crippen LogP contribution < -0.4 is 10.2 Å². The summed E-state index contributed by atoms with van der Waals surface area (Å²) in [6.45, 7) is 0. The fourth-order valence-corrected chi connectivity index (χ4v) is 4.85. The molecule has 3 amide bonds. The molecule has 1 saturated heterocycles. The molecule has 7 heteroatoms. The van der Waals surface area contributed by atoms with Crippen LogP contribution in [0.15, 0.2) is 60.7 Å². The number of fused-ring (bicyclic) bond motifs is 5. The van der Waals surface area contributed by atoms with Crippen molar-refractivity contribution in [2.75, 3.05) is 10.2 Å². The minimum atomic E-state index is -1.08. The summed E-state index contributed by atoms with van der Waals surface area (Å²) in [5, 5.41) is 11.7. The molecule has 2 aliphatic carbocycles. The van der Waals surface area contributed by atoms with E-state index in [-0.39, 0.29) is 41.0 Å². The second-order valence-corrected chi connectivity index (χ2v) is 7.90. The van der Waals surface area contributed by atoms with Crippen LogP contribution in [0.2, 0.25) is 0 Å². The molecule has 1 heterocycles. The molecule has 150 valence electrons. The minimum absolute atomic E-state index is 0.0724. The molecule has 30 heavy (non-hydrogen) atoms. The van der Waals surface area contributed by atoms with Crippen LogP contribution in [0, 0.1) is 23.7 Å². The van der Waals surface area contributed by atoms with Gasteiger partial charge in [0, 0.05) is 11.3 Å². The van der Waals surface area contributed by atoms with Gasteiger partial charge in [-0.2, -0.15) is 0 Å². The van der Waals surface area contributed by atoms with Crippen LogP contribution in [0.25, 0.3) is 0 Å². The van der Waals surface area contributed by atoms with E-state index in [4.69, 9.17) is 5.11 Å². The van der Waals surface area contributed by atoms with Crippen LogP contribution in [-0.2, 0) is 9.59 Å². The van der Waals surface area contributed by atoms with Crippen LogP contribution in [-0.4, -0.2) is 28.8 Å². The van der Waals surface area contributed by atoms with E-state index in [9.17, 15) is 19.2 Å². The largest absolute Gasteiger partial charge is 0.478 e. The summed E-state index contributed by atoms with van der Waals surface area (Å²) in [4.78, 5) is 50.6. The number of carbonyl (C=O) groups is 4. The van der Waals surface area contributed by atoms with Crippen molar-refractivity contribution in [1.82, 2.24) is 0 Å². The number of anilines is 2. The van der Waals surface area contributed by atoms with Crippen molar-refractivity contribution < 1.29 is 24.3 Å². The maximum Gasteiger partial charge on any atom is 0.335 e. The fourth-order valence-electron chi connectivity index (χ4n) is 4.85.